The summed E-state index contributed by atoms with van der Waals surface area (Å²) < 4.78 is 5.22. The van der Waals surface area contributed by atoms with Crippen molar-refractivity contribution >= 4 is 18.3 Å². The van der Waals surface area contributed by atoms with Crippen LogP contribution >= 0.6 is 0 Å². The first-order valence-corrected chi connectivity index (χ1v) is 6.41. The van der Waals surface area contributed by atoms with Crippen molar-refractivity contribution in [3.05, 3.63) is 18.2 Å². The summed E-state index contributed by atoms with van der Waals surface area (Å²) in [7, 11) is 0.0541. The third kappa shape index (κ3) is 2.79. The molecule has 5 heteroatoms. The Morgan fingerprint density at radius 2 is 2.17 bits per heavy atom. The highest BCUT2D eigenvalue weighted by molar-refractivity contribution is 6.59. The van der Waals surface area contributed by atoms with Crippen LogP contribution in [-0.2, 0) is 0 Å². The first kappa shape index (κ1) is 13.2. The van der Waals surface area contributed by atoms with Crippen LogP contribution in [0.15, 0.2) is 18.2 Å². The molecular formula is C13H20BNO3. The highest BCUT2D eigenvalue weighted by Crippen LogP contribution is 2.25. The smallest absolute Gasteiger partial charge is 0.492 e. The molecule has 1 aromatic carbocycles. The lowest BCUT2D eigenvalue weighted by Gasteiger charge is -2.33. The van der Waals surface area contributed by atoms with Gasteiger partial charge in [-0.1, -0.05) is 13.0 Å². The minimum absolute atomic E-state index is 0.409. The number of hydrogen-bond acceptors (Lipinski definition) is 4. The van der Waals surface area contributed by atoms with Crippen molar-refractivity contribution in [3.8, 4) is 5.75 Å². The summed E-state index contributed by atoms with van der Waals surface area (Å²) in [4.78, 5) is 2.32. The standard InChI is InChI=1S/C13H20BNO3/c1-10-4-3-7-15(9-10)11-5-6-12(14(16)17)13(8-11)18-2/h5-6,8,10,16-17H,3-4,7,9H2,1-2H3. The highest BCUT2D eigenvalue weighted by atomic mass is 16.5. The zero-order valence-electron chi connectivity index (χ0n) is 11.0. The molecule has 0 radical (unpaired) electrons. The molecule has 98 valence electrons. The molecule has 1 saturated heterocycles. The van der Waals surface area contributed by atoms with E-state index in [0.29, 0.717) is 17.1 Å². The largest absolute Gasteiger partial charge is 0.497 e. The average molecular weight is 249 g/mol. The Hall–Kier alpha value is -1.20. The summed E-state index contributed by atoms with van der Waals surface area (Å²) in [5, 5.41) is 18.5. The molecule has 2 rings (SSSR count). The molecule has 0 spiro atoms. The van der Waals surface area contributed by atoms with Gasteiger partial charge in [0.25, 0.3) is 0 Å². The number of hydrogen-bond donors (Lipinski definition) is 2. The Bertz CT molecular complexity index is 411. The molecule has 2 N–H and O–H groups in total. The monoisotopic (exact) mass is 249 g/mol. The van der Waals surface area contributed by atoms with Crippen LogP contribution in [0, 0.1) is 5.92 Å². The molecule has 0 saturated carbocycles. The molecule has 1 heterocycles. The maximum Gasteiger partial charge on any atom is 0.492 e. The van der Waals surface area contributed by atoms with E-state index in [0.717, 1.165) is 18.8 Å². The Morgan fingerprint density at radius 1 is 1.39 bits per heavy atom. The highest BCUT2D eigenvalue weighted by Gasteiger charge is 2.21. The van der Waals surface area contributed by atoms with Gasteiger partial charge in [-0.05, 0) is 24.8 Å². The Labute approximate surface area is 108 Å². The van der Waals surface area contributed by atoms with E-state index in [2.05, 4.69) is 11.8 Å². The van der Waals surface area contributed by atoms with Gasteiger partial charge in [-0.2, -0.15) is 0 Å². The molecule has 18 heavy (non-hydrogen) atoms. The molecule has 4 nitrogen and oxygen atoms in total. The normalized spacial score (nSPS) is 19.8. The third-order valence-corrected chi connectivity index (χ3v) is 3.52. The first-order valence-electron chi connectivity index (χ1n) is 6.41. The van der Waals surface area contributed by atoms with Gasteiger partial charge in [0.2, 0.25) is 0 Å². The van der Waals surface area contributed by atoms with Crippen LogP contribution in [-0.4, -0.2) is 37.4 Å². The van der Waals surface area contributed by atoms with E-state index in [1.54, 1.807) is 13.2 Å². The predicted molar refractivity (Wildman–Crippen MR) is 73.4 cm³/mol. The molecule has 0 bridgehead atoms. The summed E-state index contributed by atoms with van der Waals surface area (Å²) in [6, 6.07) is 5.53. The van der Waals surface area contributed by atoms with E-state index >= 15 is 0 Å². The van der Waals surface area contributed by atoms with Gasteiger partial charge in [0.05, 0.1) is 7.11 Å². The summed E-state index contributed by atoms with van der Waals surface area (Å²) in [5.41, 5.74) is 1.49. The second-order valence-electron chi connectivity index (χ2n) is 4.99. The van der Waals surface area contributed by atoms with E-state index in [1.165, 1.54) is 12.8 Å². The minimum atomic E-state index is -1.49. The third-order valence-electron chi connectivity index (χ3n) is 3.52. The molecular weight excluding hydrogens is 229 g/mol. The van der Waals surface area contributed by atoms with Crippen molar-refractivity contribution in [1.82, 2.24) is 0 Å². The molecule has 0 aliphatic carbocycles. The van der Waals surface area contributed by atoms with Gasteiger partial charge in [0, 0.05) is 30.3 Å². The van der Waals surface area contributed by atoms with E-state index in [1.807, 2.05) is 12.1 Å². The second-order valence-corrected chi connectivity index (χ2v) is 4.99. The molecule has 1 aliphatic heterocycles. The first-order chi connectivity index (χ1) is 8.61. The van der Waals surface area contributed by atoms with Crippen molar-refractivity contribution in [2.75, 3.05) is 25.1 Å². The summed E-state index contributed by atoms with van der Waals surface area (Å²) in [6.45, 7) is 4.36. The molecule has 1 atom stereocenters. The quantitative estimate of drug-likeness (QED) is 0.771. The molecule has 1 aromatic rings. The minimum Gasteiger partial charge on any atom is -0.497 e. The van der Waals surface area contributed by atoms with Crippen LogP contribution < -0.4 is 15.1 Å². The van der Waals surface area contributed by atoms with Crippen molar-refractivity contribution in [1.29, 1.82) is 0 Å². The van der Waals surface area contributed by atoms with Crippen LogP contribution in [0.5, 0.6) is 5.75 Å². The molecule has 1 unspecified atom stereocenters. The lowest BCUT2D eigenvalue weighted by atomic mass is 9.79. The van der Waals surface area contributed by atoms with Gasteiger partial charge < -0.3 is 19.7 Å². The zero-order chi connectivity index (χ0) is 13.1. The maximum atomic E-state index is 9.24. The van der Waals surface area contributed by atoms with Crippen LogP contribution in [0.2, 0.25) is 0 Å². The van der Waals surface area contributed by atoms with E-state index in [4.69, 9.17) is 4.74 Å². The van der Waals surface area contributed by atoms with Crippen molar-refractivity contribution in [3.63, 3.8) is 0 Å². The molecule has 1 aliphatic rings. The number of ether oxygens (including phenoxy) is 1. The fourth-order valence-electron chi connectivity index (χ4n) is 2.53. The van der Waals surface area contributed by atoms with Gasteiger partial charge in [0.15, 0.2) is 0 Å². The maximum absolute atomic E-state index is 9.24. The van der Waals surface area contributed by atoms with Crippen LogP contribution in [0.1, 0.15) is 19.8 Å². The average Bonchev–Trinajstić information content (AvgIpc) is 2.37. The number of anilines is 1. The predicted octanol–water partition coefficient (Wildman–Crippen LogP) is 0.611. The lowest BCUT2D eigenvalue weighted by molar-refractivity contribution is 0.402. The fourth-order valence-corrected chi connectivity index (χ4v) is 2.53. The molecule has 1 fully saturated rings. The van der Waals surface area contributed by atoms with Gasteiger partial charge in [0.1, 0.15) is 5.75 Å². The molecule has 0 aromatic heterocycles. The number of piperidine rings is 1. The lowest BCUT2D eigenvalue weighted by Crippen LogP contribution is -2.35. The topological polar surface area (TPSA) is 52.9 Å². The number of benzene rings is 1. The van der Waals surface area contributed by atoms with E-state index < -0.39 is 7.12 Å². The van der Waals surface area contributed by atoms with Crippen molar-refractivity contribution in [2.24, 2.45) is 5.92 Å². The van der Waals surface area contributed by atoms with Crippen molar-refractivity contribution in [2.45, 2.75) is 19.8 Å². The van der Waals surface area contributed by atoms with Gasteiger partial charge in [-0.25, -0.2) is 0 Å². The van der Waals surface area contributed by atoms with Gasteiger partial charge in [-0.3, -0.25) is 0 Å². The SMILES string of the molecule is COc1cc(N2CCCC(C)C2)ccc1B(O)O. The summed E-state index contributed by atoms with van der Waals surface area (Å²) >= 11 is 0. The number of methoxy groups -OCH3 is 1. The van der Waals surface area contributed by atoms with Gasteiger partial charge >= 0.3 is 7.12 Å². The Kier molecular flexibility index (Phi) is 4.14. The zero-order valence-corrected chi connectivity index (χ0v) is 11.0. The Balaban J connectivity index is 2.23. The van der Waals surface area contributed by atoms with Gasteiger partial charge in [-0.15, -0.1) is 0 Å². The summed E-state index contributed by atoms with van der Waals surface area (Å²) in [5.74, 6) is 1.23. The van der Waals surface area contributed by atoms with Crippen LogP contribution in [0.4, 0.5) is 5.69 Å². The fraction of sp³-hybridized carbons (Fsp3) is 0.538. The second kappa shape index (κ2) is 5.63. The Morgan fingerprint density at radius 3 is 2.78 bits per heavy atom. The van der Waals surface area contributed by atoms with E-state index in [9.17, 15) is 10.0 Å². The molecule has 0 amide bonds. The van der Waals surface area contributed by atoms with Crippen LogP contribution in [0.3, 0.4) is 0 Å². The number of nitrogens with zero attached hydrogens (tertiary/aromatic N) is 1. The number of rotatable bonds is 3. The van der Waals surface area contributed by atoms with Crippen LogP contribution in [0.25, 0.3) is 0 Å². The summed E-state index contributed by atoms with van der Waals surface area (Å²) in [6.07, 6.45) is 2.48. The van der Waals surface area contributed by atoms with Crippen molar-refractivity contribution < 1.29 is 14.8 Å². The van der Waals surface area contributed by atoms with E-state index in [-0.39, 0.29) is 0 Å².